The molecule has 5 nitrogen and oxygen atoms in total. The highest BCUT2D eigenvalue weighted by Crippen LogP contribution is 2.36. The minimum Gasteiger partial charge on any atom is -0.368 e. The summed E-state index contributed by atoms with van der Waals surface area (Å²) < 4.78 is 5.60. The summed E-state index contributed by atoms with van der Waals surface area (Å²) >= 11 is 1.69. The van der Waals surface area contributed by atoms with E-state index in [2.05, 4.69) is 46.4 Å². The van der Waals surface area contributed by atoms with Crippen LogP contribution in [0.1, 0.15) is 38.7 Å². The molecule has 1 aromatic heterocycles. The van der Waals surface area contributed by atoms with Crippen molar-refractivity contribution < 1.29 is 14.3 Å². The van der Waals surface area contributed by atoms with Gasteiger partial charge in [-0.25, -0.2) is 0 Å². The molecule has 2 amide bonds. The molecule has 1 aromatic carbocycles. The van der Waals surface area contributed by atoms with Gasteiger partial charge in [0, 0.05) is 25.7 Å². The van der Waals surface area contributed by atoms with Gasteiger partial charge >= 0.3 is 0 Å². The number of rotatable bonds is 6. The van der Waals surface area contributed by atoms with E-state index in [1.807, 2.05) is 18.7 Å². The van der Waals surface area contributed by atoms with Crippen molar-refractivity contribution in [1.29, 1.82) is 0 Å². The van der Waals surface area contributed by atoms with Crippen molar-refractivity contribution in [3.63, 3.8) is 0 Å². The standard InChI is InChI=1S/C24H30N2O3S/c1-17(2)25-23(28)24(10-11-26(16-24)22(27)21-4-3-12-29-21)14-18-5-7-19(8-6-18)20-9-13-30-15-20/h5-9,13,15,17,21H,3-4,10-12,14,16H2,1-2H3,(H,25,28)/t21-,24+/m1/s1. The highest BCUT2D eigenvalue weighted by atomic mass is 32.1. The quantitative estimate of drug-likeness (QED) is 0.763. The number of nitrogens with zero attached hydrogens (tertiary/aromatic N) is 1. The third-order valence-corrected chi connectivity index (χ3v) is 6.81. The molecular weight excluding hydrogens is 396 g/mol. The molecule has 160 valence electrons. The number of carbonyl (C=O) groups excluding carboxylic acids is 2. The van der Waals surface area contributed by atoms with E-state index in [-0.39, 0.29) is 24.0 Å². The Bertz CT molecular complexity index is 872. The number of ether oxygens (including phenoxy) is 1. The monoisotopic (exact) mass is 426 g/mol. The lowest BCUT2D eigenvalue weighted by atomic mass is 9.79. The zero-order valence-electron chi connectivity index (χ0n) is 17.7. The minimum atomic E-state index is -0.595. The predicted molar refractivity (Wildman–Crippen MR) is 119 cm³/mol. The van der Waals surface area contributed by atoms with Crippen molar-refractivity contribution in [1.82, 2.24) is 10.2 Å². The molecule has 2 atom stereocenters. The van der Waals surface area contributed by atoms with E-state index in [0.717, 1.165) is 18.4 Å². The van der Waals surface area contributed by atoms with Gasteiger partial charge in [0.2, 0.25) is 5.91 Å². The molecule has 2 aromatic rings. The van der Waals surface area contributed by atoms with Crippen LogP contribution in [0.15, 0.2) is 41.1 Å². The molecule has 2 fully saturated rings. The molecule has 0 unspecified atom stereocenters. The number of likely N-dealkylation sites (tertiary alicyclic amines) is 1. The van der Waals surface area contributed by atoms with Crippen LogP contribution >= 0.6 is 11.3 Å². The van der Waals surface area contributed by atoms with Crippen LogP contribution in [0.4, 0.5) is 0 Å². The third kappa shape index (κ3) is 4.44. The van der Waals surface area contributed by atoms with Gasteiger partial charge in [-0.3, -0.25) is 9.59 Å². The number of benzene rings is 1. The molecule has 0 radical (unpaired) electrons. The van der Waals surface area contributed by atoms with Crippen LogP contribution < -0.4 is 5.32 Å². The second kappa shape index (κ2) is 8.90. The van der Waals surface area contributed by atoms with Gasteiger partial charge in [0.1, 0.15) is 6.10 Å². The third-order valence-electron chi connectivity index (χ3n) is 6.12. The molecule has 6 heteroatoms. The molecule has 0 spiro atoms. The summed E-state index contributed by atoms with van der Waals surface area (Å²) in [6.07, 6.45) is 2.68. The Kier molecular flexibility index (Phi) is 6.25. The lowest BCUT2D eigenvalue weighted by molar-refractivity contribution is -0.141. The average Bonchev–Trinajstić information content (AvgIpc) is 3.49. The summed E-state index contributed by atoms with van der Waals surface area (Å²) in [5.41, 5.74) is 2.93. The van der Waals surface area contributed by atoms with Gasteiger partial charge in [-0.05, 0) is 73.0 Å². The van der Waals surface area contributed by atoms with E-state index in [1.54, 1.807) is 11.3 Å². The summed E-state index contributed by atoms with van der Waals surface area (Å²) in [5, 5.41) is 7.31. The first-order valence-electron chi connectivity index (χ1n) is 10.8. The Morgan fingerprint density at radius 2 is 2.03 bits per heavy atom. The Hall–Kier alpha value is -2.18. The van der Waals surface area contributed by atoms with Crippen molar-refractivity contribution in [2.75, 3.05) is 19.7 Å². The first-order valence-corrected chi connectivity index (χ1v) is 11.7. The van der Waals surface area contributed by atoms with Crippen LogP contribution in [0.3, 0.4) is 0 Å². The highest BCUT2D eigenvalue weighted by Gasteiger charge is 2.47. The fourth-order valence-corrected chi connectivity index (χ4v) is 5.16. The first-order chi connectivity index (χ1) is 14.5. The Morgan fingerprint density at radius 1 is 1.23 bits per heavy atom. The van der Waals surface area contributed by atoms with E-state index in [9.17, 15) is 9.59 Å². The van der Waals surface area contributed by atoms with Crippen molar-refractivity contribution >= 4 is 23.2 Å². The molecule has 0 aliphatic carbocycles. The van der Waals surface area contributed by atoms with E-state index < -0.39 is 5.41 Å². The molecule has 2 aliphatic heterocycles. The minimum absolute atomic E-state index is 0.0412. The number of amides is 2. The number of hydrogen-bond acceptors (Lipinski definition) is 4. The van der Waals surface area contributed by atoms with Gasteiger partial charge in [-0.15, -0.1) is 0 Å². The molecule has 2 aliphatic rings. The van der Waals surface area contributed by atoms with Gasteiger partial charge in [0.25, 0.3) is 5.91 Å². The summed E-state index contributed by atoms with van der Waals surface area (Å²) in [7, 11) is 0. The van der Waals surface area contributed by atoms with E-state index >= 15 is 0 Å². The SMILES string of the molecule is CC(C)NC(=O)[C@]1(Cc2ccc(-c3ccsc3)cc2)CCN(C(=O)[C@H]2CCCO2)C1. The van der Waals surface area contributed by atoms with Gasteiger partial charge < -0.3 is 15.0 Å². The molecule has 1 N–H and O–H groups in total. The highest BCUT2D eigenvalue weighted by molar-refractivity contribution is 7.08. The van der Waals surface area contributed by atoms with E-state index in [0.29, 0.717) is 32.5 Å². The molecular formula is C24H30N2O3S. The number of thiophene rings is 1. The van der Waals surface area contributed by atoms with Crippen molar-refractivity contribution in [3.8, 4) is 11.1 Å². The van der Waals surface area contributed by atoms with Crippen molar-refractivity contribution in [2.24, 2.45) is 5.41 Å². The van der Waals surface area contributed by atoms with Gasteiger partial charge in [0.15, 0.2) is 0 Å². The van der Waals surface area contributed by atoms with Crippen molar-refractivity contribution in [2.45, 2.75) is 51.7 Å². The number of nitrogens with one attached hydrogen (secondary N) is 1. The molecule has 0 saturated carbocycles. The number of hydrogen-bond donors (Lipinski definition) is 1. The largest absolute Gasteiger partial charge is 0.368 e. The van der Waals surface area contributed by atoms with Crippen LogP contribution in [0.25, 0.3) is 11.1 Å². The van der Waals surface area contributed by atoms with E-state index in [1.165, 1.54) is 11.1 Å². The summed E-state index contributed by atoms with van der Waals surface area (Å²) in [4.78, 5) is 28.0. The maximum Gasteiger partial charge on any atom is 0.251 e. The fourth-order valence-electron chi connectivity index (χ4n) is 4.50. The summed E-state index contributed by atoms with van der Waals surface area (Å²) in [6, 6.07) is 10.6. The van der Waals surface area contributed by atoms with Crippen molar-refractivity contribution in [3.05, 3.63) is 46.7 Å². The Labute approximate surface area is 182 Å². The van der Waals surface area contributed by atoms with Crippen LogP contribution in [-0.2, 0) is 20.7 Å². The maximum absolute atomic E-state index is 13.2. The predicted octanol–water partition coefficient (Wildman–Crippen LogP) is 3.88. The van der Waals surface area contributed by atoms with Crippen LogP contribution in [0, 0.1) is 5.41 Å². The zero-order valence-corrected chi connectivity index (χ0v) is 18.5. The van der Waals surface area contributed by atoms with Crippen LogP contribution in [0.5, 0.6) is 0 Å². The second-order valence-corrected chi connectivity index (χ2v) is 9.59. The van der Waals surface area contributed by atoms with E-state index in [4.69, 9.17) is 4.74 Å². The number of carbonyl (C=O) groups is 2. The lowest BCUT2D eigenvalue weighted by Crippen LogP contribution is -2.48. The second-order valence-electron chi connectivity index (χ2n) is 8.81. The lowest BCUT2D eigenvalue weighted by Gasteiger charge is -2.30. The topological polar surface area (TPSA) is 58.6 Å². The molecule has 3 heterocycles. The molecule has 2 saturated heterocycles. The Morgan fingerprint density at radius 3 is 2.67 bits per heavy atom. The van der Waals surface area contributed by atoms with Crippen LogP contribution in [0.2, 0.25) is 0 Å². The molecule has 0 bridgehead atoms. The normalized spacial score (nSPS) is 23.8. The molecule has 30 heavy (non-hydrogen) atoms. The maximum atomic E-state index is 13.2. The van der Waals surface area contributed by atoms with Gasteiger partial charge in [-0.1, -0.05) is 24.3 Å². The Balaban J connectivity index is 1.53. The fraction of sp³-hybridized carbons (Fsp3) is 0.500. The first kappa shape index (κ1) is 21.1. The zero-order chi connectivity index (χ0) is 21.1. The molecule has 4 rings (SSSR count). The van der Waals surface area contributed by atoms with Gasteiger partial charge in [-0.2, -0.15) is 11.3 Å². The van der Waals surface area contributed by atoms with Crippen LogP contribution in [-0.4, -0.2) is 48.6 Å². The summed E-state index contributed by atoms with van der Waals surface area (Å²) in [6.45, 7) is 5.67. The smallest absolute Gasteiger partial charge is 0.251 e. The summed E-state index contributed by atoms with van der Waals surface area (Å²) in [5.74, 6) is 0.0848. The van der Waals surface area contributed by atoms with Gasteiger partial charge in [0.05, 0.1) is 5.41 Å². The average molecular weight is 427 g/mol.